The lowest BCUT2D eigenvalue weighted by atomic mass is 10.1. The van der Waals surface area contributed by atoms with Gasteiger partial charge in [-0.3, -0.25) is 4.79 Å². The first-order chi connectivity index (χ1) is 8.08. The van der Waals surface area contributed by atoms with E-state index in [4.69, 9.17) is 4.74 Å². The molecule has 1 atom stereocenters. The maximum absolute atomic E-state index is 11.3. The van der Waals surface area contributed by atoms with Gasteiger partial charge in [0.05, 0.1) is 12.6 Å². The number of benzene rings is 1. The molecule has 0 aliphatic rings. The van der Waals surface area contributed by atoms with E-state index >= 15 is 0 Å². The van der Waals surface area contributed by atoms with Gasteiger partial charge in [0.1, 0.15) is 0 Å². The van der Waals surface area contributed by atoms with Gasteiger partial charge in [-0.2, -0.15) is 0 Å². The quantitative estimate of drug-likeness (QED) is 0.768. The SMILES string of the molecule is CC(Cc1ccccc1)NCC(=O)OC(C)C. The van der Waals surface area contributed by atoms with Crippen LogP contribution in [0.25, 0.3) is 0 Å². The van der Waals surface area contributed by atoms with Crippen LogP contribution in [0.3, 0.4) is 0 Å². The van der Waals surface area contributed by atoms with Crippen LogP contribution in [0, 0.1) is 0 Å². The van der Waals surface area contributed by atoms with Crippen molar-refractivity contribution < 1.29 is 9.53 Å². The molecule has 0 spiro atoms. The molecule has 0 aliphatic carbocycles. The molecule has 1 aromatic carbocycles. The van der Waals surface area contributed by atoms with E-state index in [0.29, 0.717) is 0 Å². The maximum atomic E-state index is 11.3. The highest BCUT2D eigenvalue weighted by molar-refractivity contribution is 5.71. The highest BCUT2D eigenvalue weighted by atomic mass is 16.5. The summed E-state index contributed by atoms with van der Waals surface area (Å²) in [5, 5.41) is 3.16. The van der Waals surface area contributed by atoms with Crippen LogP contribution in [0.1, 0.15) is 26.3 Å². The molecular formula is C14H21NO2. The van der Waals surface area contributed by atoms with Crippen molar-refractivity contribution in [1.82, 2.24) is 5.32 Å². The van der Waals surface area contributed by atoms with E-state index in [1.54, 1.807) is 0 Å². The monoisotopic (exact) mass is 235 g/mol. The van der Waals surface area contributed by atoms with E-state index < -0.39 is 0 Å². The van der Waals surface area contributed by atoms with Crippen LogP contribution in [-0.4, -0.2) is 24.7 Å². The van der Waals surface area contributed by atoms with Gasteiger partial charge in [0.2, 0.25) is 0 Å². The Balaban J connectivity index is 2.26. The second-order valence-electron chi connectivity index (χ2n) is 4.51. The van der Waals surface area contributed by atoms with Crippen LogP contribution in [0.5, 0.6) is 0 Å². The summed E-state index contributed by atoms with van der Waals surface area (Å²) in [6.07, 6.45) is 0.865. The van der Waals surface area contributed by atoms with Crippen LogP contribution in [-0.2, 0) is 16.0 Å². The fourth-order valence-electron chi connectivity index (χ4n) is 1.60. The molecule has 0 heterocycles. The van der Waals surface area contributed by atoms with Crippen molar-refractivity contribution >= 4 is 5.97 Å². The van der Waals surface area contributed by atoms with Crippen molar-refractivity contribution in [2.75, 3.05) is 6.54 Å². The van der Waals surface area contributed by atoms with Gasteiger partial charge < -0.3 is 10.1 Å². The highest BCUT2D eigenvalue weighted by Gasteiger charge is 2.08. The number of esters is 1. The molecule has 0 aliphatic heterocycles. The number of carbonyl (C=O) groups excluding carboxylic acids is 1. The van der Waals surface area contributed by atoms with Gasteiger partial charge in [-0.1, -0.05) is 30.3 Å². The van der Waals surface area contributed by atoms with Crippen molar-refractivity contribution in [3.05, 3.63) is 35.9 Å². The second kappa shape index (κ2) is 7.07. The van der Waals surface area contributed by atoms with Gasteiger partial charge in [-0.15, -0.1) is 0 Å². The maximum Gasteiger partial charge on any atom is 0.320 e. The third-order valence-corrected chi connectivity index (χ3v) is 2.35. The normalized spacial score (nSPS) is 12.5. The Morgan fingerprint density at radius 2 is 1.88 bits per heavy atom. The predicted octanol–water partition coefficient (Wildman–Crippen LogP) is 2.16. The van der Waals surface area contributed by atoms with Crippen molar-refractivity contribution in [2.24, 2.45) is 0 Å². The number of ether oxygens (including phenoxy) is 1. The third-order valence-electron chi connectivity index (χ3n) is 2.35. The average molecular weight is 235 g/mol. The first-order valence-electron chi connectivity index (χ1n) is 6.04. The zero-order valence-electron chi connectivity index (χ0n) is 10.8. The molecule has 0 saturated carbocycles. The molecule has 0 amide bonds. The van der Waals surface area contributed by atoms with Crippen LogP contribution in [0.2, 0.25) is 0 Å². The van der Waals surface area contributed by atoms with Crippen LogP contribution >= 0.6 is 0 Å². The van der Waals surface area contributed by atoms with Gasteiger partial charge in [-0.05, 0) is 32.8 Å². The van der Waals surface area contributed by atoms with E-state index in [1.807, 2.05) is 32.0 Å². The van der Waals surface area contributed by atoms with Gasteiger partial charge in [0, 0.05) is 6.04 Å². The Bertz CT molecular complexity index is 335. The number of hydrogen-bond acceptors (Lipinski definition) is 3. The lowest BCUT2D eigenvalue weighted by Crippen LogP contribution is -2.34. The molecular weight excluding hydrogens is 214 g/mol. The van der Waals surface area contributed by atoms with Crippen molar-refractivity contribution in [3.8, 4) is 0 Å². The summed E-state index contributed by atoms with van der Waals surface area (Å²) in [6, 6.07) is 10.5. The molecule has 1 unspecified atom stereocenters. The number of carbonyl (C=O) groups is 1. The first-order valence-corrected chi connectivity index (χ1v) is 6.04. The van der Waals surface area contributed by atoms with Gasteiger partial charge in [0.25, 0.3) is 0 Å². The number of rotatable bonds is 6. The number of nitrogens with one attached hydrogen (secondary N) is 1. The first kappa shape index (κ1) is 13.7. The Morgan fingerprint density at radius 1 is 1.24 bits per heavy atom. The summed E-state index contributed by atoms with van der Waals surface area (Å²) in [5.41, 5.74) is 1.27. The lowest BCUT2D eigenvalue weighted by Gasteiger charge is -2.14. The molecule has 0 aromatic heterocycles. The van der Waals surface area contributed by atoms with Crippen LogP contribution in [0.15, 0.2) is 30.3 Å². The van der Waals surface area contributed by atoms with Crippen molar-refractivity contribution in [3.63, 3.8) is 0 Å². The van der Waals surface area contributed by atoms with Crippen molar-refractivity contribution in [2.45, 2.75) is 39.3 Å². The molecule has 0 fully saturated rings. The van der Waals surface area contributed by atoms with Crippen LogP contribution < -0.4 is 5.32 Å². The Labute approximate surface area is 103 Å². The van der Waals surface area contributed by atoms with E-state index in [2.05, 4.69) is 24.4 Å². The van der Waals surface area contributed by atoms with E-state index in [1.165, 1.54) is 5.56 Å². The lowest BCUT2D eigenvalue weighted by molar-refractivity contribution is -0.146. The number of hydrogen-bond donors (Lipinski definition) is 1. The summed E-state index contributed by atoms with van der Waals surface area (Å²) in [6.45, 7) is 6.04. The molecule has 1 aromatic rings. The van der Waals surface area contributed by atoms with E-state index in [0.717, 1.165) is 6.42 Å². The minimum absolute atomic E-state index is 0.0475. The largest absolute Gasteiger partial charge is 0.462 e. The third kappa shape index (κ3) is 6.07. The highest BCUT2D eigenvalue weighted by Crippen LogP contribution is 2.02. The zero-order valence-corrected chi connectivity index (χ0v) is 10.8. The zero-order chi connectivity index (χ0) is 12.7. The van der Waals surface area contributed by atoms with E-state index in [9.17, 15) is 4.79 Å². The Kier molecular flexibility index (Phi) is 5.70. The molecule has 0 saturated heterocycles. The van der Waals surface area contributed by atoms with Gasteiger partial charge in [-0.25, -0.2) is 0 Å². The fraction of sp³-hybridized carbons (Fsp3) is 0.500. The van der Waals surface area contributed by atoms with Gasteiger partial charge >= 0.3 is 5.97 Å². The Hall–Kier alpha value is -1.35. The minimum atomic E-state index is -0.195. The predicted molar refractivity (Wildman–Crippen MR) is 68.8 cm³/mol. The van der Waals surface area contributed by atoms with Crippen LogP contribution in [0.4, 0.5) is 0 Å². The Morgan fingerprint density at radius 3 is 2.47 bits per heavy atom. The molecule has 0 bridgehead atoms. The molecule has 1 rings (SSSR count). The van der Waals surface area contributed by atoms with Crippen molar-refractivity contribution in [1.29, 1.82) is 0 Å². The van der Waals surface area contributed by atoms with E-state index in [-0.39, 0.29) is 24.7 Å². The summed E-state index contributed by atoms with van der Waals surface area (Å²) < 4.78 is 5.05. The summed E-state index contributed by atoms with van der Waals surface area (Å²) in [4.78, 5) is 11.3. The molecule has 3 nitrogen and oxygen atoms in total. The topological polar surface area (TPSA) is 38.3 Å². The smallest absolute Gasteiger partial charge is 0.320 e. The average Bonchev–Trinajstić information content (AvgIpc) is 2.27. The molecule has 94 valence electrons. The summed E-state index contributed by atoms with van der Waals surface area (Å²) in [5.74, 6) is -0.195. The van der Waals surface area contributed by atoms with Gasteiger partial charge in [0.15, 0.2) is 0 Å². The molecule has 1 N–H and O–H groups in total. The fourth-order valence-corrected chi connectivity index (χ4v) is 1.60. The summed E-state index contributed by atoms with van der Waals surface area (Å²) in [7, 11) is 0. The minimum Gasteiger partial charge on any atom is -0.462 e. The molecule has 17 heavy (non-hydrogen) atoms. The molecule has 3 heteroatoms. The standard InChI is InChI=1S/C14H21NO2/c1-11(2)17-14(16)10-15-12(3)9-13-7-5-4-6-8-13/h4-8,11-12,15H,9-10H2,1-3H3. The molecule has 0 radical (unpaired) electrons. The summed E-state index contributed by atoms with van der Waals surface area (Å²) >= 11 is 0. The second-order valence-corrected chi connectivity index (χ2v) is 4.51.